The zero-order valence-electron chi connectivity index (χ0n) is 24.4. The van der Waals surface area contributed by atoms with E-state index in [-0.39, 0.29) is 11.8 Å². The van der Waals surface area contributed by atoms with Crippen LogP contribution in [-0.2, 0) is 22.7 Å². The Balaban J connectivity index is 1.13. The highest BCUT2D eigenvalue weighted by atomic mass is 16.2. The van der Waals surface area contributed by atoms with Crippen molar-refractivity contribution < 1.29 is 9.59 Å². The van der Waals surface area contributed by atoms with Crippen molar-refractivity contribution >= 4 is 33.4 Å². The van der Waals surface area contributed by atoms with Crippen molar-refractivity contribution in [2.45, 2.75) is 25.9 Å². The number of rotatable bonds is 17. The van der Waals surface area contributed by atoms with Crippen molar-refractivity contribution in [3.63, 3.8) is 0 Å². The third-order valence-corrected chi connectivity index (χ3v) is 7.31. The average Bonchev–Trinajstić information content (AvgIpc) is 2.99. The fourth-order valence-corrected chi connectivity index (χ4v) is 5.21. The van der Waals surface area contributed by atoms with Gasteiger partial charge in [0.25, 0.3) is 0 Å². The normalized spacial score (nSPS) is 11.4. The summed E-state index contributed by atoms with van der Waals surface area (Å²) in [4.78, 5) is 29.3. The van der Waals surface area contributed by atoms with Crippen molar-refractivity contribution in [2.24, 2.45) is 11.5 Å². The first-order chi connectivity index (χ1) is 20.5. The fraction of sp³-hybridized carbons (Fsp3) is 0.353. The van der Waals surface area contributed by atoms with Crippen molar-refractivity contribution in [2.75, 3.05) is 52.4 Å². The Labute approximate surface area is 249 Å². The van der Waals surface area contributed by atoms with Gasteiger partial charge < -0.3 is 22.1 Å². The van der Waals surface area contributed by atoms with Gasteiger partial charge in [0.05, 0.1) is 13.1 Å². The van der Waals surface area contributed by atoms with Crippen LogP contribution in [-0.4, -0.2) is 74.0 Å². The van der Waals surface area contributed by atoms with Crippen molar-refractivity contribution in [3.8, 4) is 0 Å². The van der Waals surface area contributed by atoms with E-state index in [1.165, 1.54) is 21.5 Å². The second-order valence-corrected chi connectivity index (χ2v) is 10.8. The van der Waals surface area contributed by atoms with Crippen LogP contribution in [0.4, 0.5) is 0 Å². The molecule has 222 valence electrons. The number of amides is 2. The van der Waals surface area contributed by atoms with Crippen LogP contribution in [0, 0.1) is 0 Å². The number of carbonyl (C=O) groups is 2. The van der Waals surface area contributed by atoms with Gasteiger partial charge in [-0.2, -0.15) is 0 Å². The molecule has 2 amide bonds. The zero-order valence-corrected chi connectivity index (χ0v) is 24.4. The van der Waals surface area contributed by atoms with Crippen LogP contribution >= 0.6 is 0 Å². The summed E-state index contributed by atoms with van der Waals surface area (Å²) in [6, 6.07) is 29.3. The Morgan fingerprint density at radius 3 is 1.38 bits per heavy atom. The van der Waals surface area contributed by atoms with E-state index in [1.54, 1.807) is 0 Å². The highest BCUT2D eigenvalue weighted by Gasteiger charge is 2.13. The van der Waals surface area contributed by atoms with Gasteiger partial charge in [-0.05, 0) is 57.6 Å². The van der Waals surface area contributed by atoms with E-state index < -0.39 is 0 Å². The minimum atomic E-state index is -0.0145. The van der Waals surface area contributed by atoms with E-state index in [0.717, 1.165) is 24.0 Å². The summed E-state index contributed by atoms with van der Waals surface area (Å²) in [5.74, 6) is -0.0289. The summed E-state index contributed by atoms with van der Waals surface area (Å²) < 4.78 is 0. The molecule has 0 radical (unpaired) electrons. The molecule has 0 aliphatic rings. The molecule has 0 saturated carbocycles. The molecule has 4 aromatic rings. The van der Waals surface area contributed by atoms with Crippen LogP contribution in [0.3, 0.4) is 0 Å². The molecular weight excluding hydrogens is 524 g/mol. The van der Waals surface area contributed by atoms with Crippen LogP contribution in [0.5, 0.6) is 0 Å². The van der Waals surface area contributed by atoms with Crippen molar-refractivity contribution in [1.82, 2.24) is 20.4 Å². The molecule has 0 bridgehead atoms. The largest absolute Gasteiger partial charge is 0.355 e. The lowest BCUT2D eigenvalue weighted by Gasteiger charge is -2.22. The standard InChI is InChI=1S/C34H44N6O2/c35-15-19-39(23-27-11-13-29-7-1-3-9-31(29)21-27)25-33(41)37-17-5-6-18-38-34(42)26-40(20-16-36)24-28-12-14-30-8-2-4-10-32(30)22-28/h1-4,7-14,21-22H,5-6,15-20,23-26,35-36H2,(H,37,41)(H,38,42). The maximum Gasteiger partial charge on any atom is 0.234 e. The maximum absolute atomic E-state index is 12.6. The van der Waals surface area contributed by atoms with Crippen LogP contribution < -0.4 is 22.1 Å². The lowest BCUT2D eigenvalue weighted by molar-refractivity contribution is -0.123. The number of carbonyl (C=O) groups excluding carboxylic acids is 2. The number of hydrogen-bond donors (Lipinski definition) is 4. The molecule has 6 N–H and O–H groups in total. The third-order valence-electron chi connectivity index (χ3n) is 7.31. The molecule has 0 aromatic heterocycles. The van der Waals surface area contributed by atoms with Gasteiger partial charge >= 0.3 is 0 Å². The highest BCUT2D eigenvalue weighted by Crippen LogP contribution is 2.18. The number of fused-ring (bicyclic) bond motifs is 2. The summed E-state index contributed by atoms with van der Waals surface area (Å²) in [6.07, 6.45) is 1.58. The van der Waals surface area contributed by atoms with E-state index in [1.807, 2.05) is 24.3 Å². The van der Waals surface area contributed by atoms with E-state index >= 15 is 0 Å². The first kappa shape index (κ1) is 31.1. The molecule has 4 rings (SSSR count). The maximum atomic E-state index is 12.6. The van der Waals surface area contributed by atoms with Crippen LogP contribution in [0.2, 0.25) is 0 Å². The second-order valence-electron chi connectivity index (χ2n) is 10.8. The molecule has 8 nitrogen and oxygen atoms in total. The topological polar surface area (TPSA) is 117 Å². The summed E-state index contributed by atoms with van der Waals surface area (Å²) in [6.45, 7) is 5.36. The van der Waals surface area contributed by atoms with Gasteiger partial charge in [-0.15, -0.1) is 0 Å². The molecule has 0 spiro atoms. The number of nitrogens with two attached hydrogens (primary N) is 2. The molecule has 0 unspecified atom stereocenters. The Hall–Kier alpha value is -3.82. The Bertz CT molecular complexity index is 1330. The molecule has 0 saturated heterocycles. The van der Waals surface area contributed by atoms with Gasteiger partial charge in [0, 0.05) is 52.4 Å². The smallest absolute Gasteiger partial charge is 0.234 e. The lowest BCUT2D eigenvalue weighted by atomic mass is 10.1. The van der Waals surface area contributed by atoms with Crippen LogP contribution in [0.15, 0.2) is 84.9 Å². The van der Waals surface area contributed by atoms with Crippen LogP contribution in [0.1, 0.15) is 24.0 Å². The van der Waals surface area contributed by atoms with Gasteiger partial charge in [0.1, 0.15) is 0 Å². The first-order valence-electron chi connectivity index (χ1n) is 14.9. The Kier molecular flexibility index (Phi) is 12.3. The Morgan fingerprint density at radius 2 is 0.976 bits per heavy atom. The predicted molar refractivity (Wildman–Crippen MR) is 172 cm³/mol. The summed E-state index contributed by atoms with van der Waals surface area (Å²) in [5.41, 5.74) is 14.0. The summed E-state index contributed by atoms with van der Waals surface area (Å²) in [5, 5.41) is 10.8. The third kappa shape index (κ3) is 9.92. The van der Waals surface area contributed by atoms with Gasteiger partial charge in [0.2, 0.25) is 11.8 Å². The van der Waals surface area contributed by atoms with E-state index in [9.17, 15) is 9.59 Å². The average molecular weight is 569 g/mol. The van der Waals surface area contributed by atoms with Crippen LogP contribution in [0.25, 0.3) is 21.5 Å². The molecule has 42 heavy (non-hydrogen) atoms. The molecule has 0 aliphatic heterocycles. The molecule has 0 fully saturated rings. The highest BCUT2D eigenvalue weighted by molar-refractivity contribution is 5.84. The number of unbranched alkanes of at least 4 members (excludes halogenated alkanes) is 1. The molecule has 8 heteroatoms. The van der Waals surface area contributed by atoms with E-state index in [4.69, 9.17) is 11.5 Å². The second kappa shape index (κ2) is 16.6. The summed E-state index contributed by atoms with van der Waals surface area (Å²) >= 11 is 0. The molecular formula is C34H44N6O2. The number of nitrogens with one attached hydrogen (secondary N) is 2. The lowest BCUT2D eigenvalue weighted by Crippen LogP contribution is -2.40. The minimum Gasteiger partial charge on any atom is -0.355 e. The molecule has 0 heterocycles. The molecule has 4 aromatic carbocycles. The number of hydrogen-bond acceptors (Lipinski definition) is 6. The van der Waals surface area contributed by atoms with Gasteiger partial charge in [0.15, 0.2) is 0 Å². The molecule has 0 atom stereocenters. The van der Waals surface area contributed by atoms with Crippen molar-refractivity contribution in [3.05, 3.63) is 96.1 Å². The predicted octanol–water partition coefficient (Wildman–Crippen LogP) is 3.23. The Morgan fingerprint density at radius 1 is 0.571 bits per heavy atom. The SMILES string of the molecule is NCCN(CC(=O)NCCCCNC(=O)CN(CCN)Cc1ccc2ccccc2c1)Cc1ccc2ccccc2c1. The van der Waals surface area contributed by atoms with E-state index in [2.05, 4.69) is 81.1 Å². The van der Waals surface area contributed by atoms with Gasteiger partial charge in [-0.25, -0.2) is 0 Å². The minimum absolute atomic E-state index is 0.0145. The quantitative estimate of drug-likeness (QED) is 0.145. The zero-order chi connectivity index (χ0) is 29.6. The molecule has 0 aliphatic carbocycles. The van der Waals surface area contributed by atoms with E-state index in [0.29, 0.717) is 65.4 Å². The van der Waals surface area contributed by atoms with Gasteiger partial charge in [-0.3, -0.25) is 19.4 Å². The number of nitrogens with zero attached hydrogens (tertiary/aromatic N) is 2. The van der Waals surface area contributed by atoms with Crippen molar-refractivity contribution in [1.29, 1.82) is 0 Å². The monoisotopic (exact) mass is 568 g/mol. The fourth-order valence-electron chi connectivity index (χ4n) is 5.21. The number of benzene rings is 4. The first-order valence-corrected chi connectivity index (χ1v) is 14.9. The summed E-state index contributed by atoms with van der Waals surface area (Å²) in [7, 11) is 0. The van der Waals surface area contributed by atoms with Gasteiger partial charge in [-0.1, -0.05) is 72.8 Å².